The molecule has 4 rings (SSSR count). The topological polar surface area (TPSA) is 110 Å². The summed E-state index contributed by atoms with van der Waals surface area (Å²) in [5, 5.41) is 11.0. The normalized spacial score (nSPS) is 21.1. The van der Waals surface area contributed by atoms with Crippen molar-refractivity contribution in [3.63, 3.8) is 0 Å². The SMILES string of the molecule is CC(C)(C)OC(=O)CC[C@]1(C(=O)NN2CCCCC2)N=C(c2ccc(OCCCO)cc2)O[C@H]1c1ccccc1Br. The lowest BCUT2D eigenvalue weighted by Crippen LogP contribution is -2.55. The van der Waals surface area contributed by atoms with Gasteiger partial charge in [-0.15, -0.1) is 0 Å². The van der Waals surface area contributed by atoms with Gasteiger partial charge in [0.2, 0.25) is 5.90 Å². The lowest BCUT2D eigenvalue weighted by atomic mass is 9.83. The average molecular weight is 631 g/mol. The fraction of sp³-hybridized carbons (Fsp3) is 0.516. The van der Waals surface area contributed by atoms with Crippen molar-refractivity contribution in [2.24, 2.45) is 4.99 Å². The van der Waals surface area contributed by atoms with E-state index < -0.39 is 23.2 Å². The lowest BCUT2D eigenvalue weighted by molar-refractivity contribution is -0.155. The second-order valence-electron chi connectivity index (χ2n) is 11.4. The molecular weight excluding hydrogens is 590 g/mol. The van der Waals surface area contributed by atoms with Crippen molar-refractivity contribution >= 4 is 33.7 Å². The fourth-order valence-electron chi connectivity index (χ4n) is 4.97. The molecule has 41 heavy (non-hydrogen) atoms. The predicted molar refractivity (Wildman–Crippen MR) is 160 cm³/mol. The summed E-state index contributed by atoms with van der Waals surface area (Å²) in [6, 6.07) is 14.9. The number of nitrogens with one attached hydrogen (secondary N) is 1. The van der Waals surface area contributed by atoms with Gasteiger partial charge in [0.1, 0.15) is 11.4 Å². The first-order valence-corrected chi connectivity index (χ1v) is 15.0. The molecule has 2 aromatic carbocycles. The van der Waals surface area contributed by atoms with E-state index in [1.807, 2.05) is 62.2 Å². The first kappa shape index (κ1) is 31.0. The third kappa shape index (κ3) is 8.08. The first-order chi connectivity index (χ1) is 19.6. The number of benzene rings is 2. The number of halogens is 1. The molecule has 0 bridgehead atoms. The number of esters is 1. The van der Waals surface area contributed by atoms with Crippen LogP contribution in [0.2, 0.25) is 0 Å². The number of rotatable bonds is 11. The Balaban J connectivity index is 1.72. The quantitative estimate of drug-likeness (QED) is 0.263. The monoisotopic (exact) mass is 629 g/mol. The van der Waals surface area contributed by atoms with E-state index in [9.17, 15) is 9.59 Å². The van der Waals surface area contributed by atoms with Crippen LogP contribution in [0.25, 0.3) is 0 Å². The van der Waals surface area contributed by atoms with Gasteiger partial charge in [0.25, 0.3) is 5.91 Å². The van der Waals surface area contributed by atoms with Gasteiger partial charge < -0.3 is 19.3 Å². The third-order valence-electron chi connectivity index (χ3n) is 6.96. The largest absolute Gasteiger partial charge is 0.494 e. The Kier molecular flexibility index (Phi) is 10.4. The standard InChI is InChI=1S/C31H40BrN3O6/c1-30(2,3)41-26(37)16-17-31(29(38)34-35-18-7-4-8-19-35)27(24-10-5-6-11-25(24)32)40-28(33-31)22-12-14-23(15-13-22)39-21-9-20-36/h5-6,10-15,27,36H,4,7-9,16-21H2,1-3H3,(H,34,38)/t27-,31-/m0/s1. The second kappa shape index (κ2) is 13.8. The Labute approximate surface area is 250 Å². The highest BCUT2D eigenvalue weighted by Crippen LogP contribution is 2.45. The van der Waals surface area contributed by atoms with Crippen molar-refractivity contribution in [3.8, 4) is 5.75 Å². The summed E-state index contributed by atoms with van der Waals surface area (Å²) in [7, 11) is 0. The Morgan fingerprint density at radius 2 is 1.83 bits per heavy atom. The van der Waals surface area contributed by atoms with Crippen LogP contribution < -0.4 is 10.2 Å². The maximum atomic E-state index is 14.3. The molecule has 2 aliphatic rings. The van der Waals surface area contributed by atoms with Crippen LogP contribution >= 0.6 is 15.9 Å². The first-order valence-electron chi connectivity index (χ1n) is 14.2. The van der Waals surface area contributed by atoms with Gasteiger partial charge in [0.15, 0.2) is 11.6 Å². The molecule has 9 nitrogen and oxygen atoms in total. The van der Waals surface area contributed by atoms with Crippen LogP contribution in [0.4, 0.5) is 0 Å². The maximum Gasteiger partial charge on any atom is 0.306 e. The van der Waals surface area contributed by atoms with Gasteiger partial charge in [0.05, 0.1) is 6.61 Å². The minimum absolute atomic E-state index is 0.0105. The van der Waals surface area contributed by atoms with Crippen LogP contribution in [0.3, 0.4) is 0 Å². The highest BCUT2D eigenvalue weighted by atomic mass is 79.9. The van der Waals surface area contributed by atoms with Crippen molar-refractivity contribution in [2.45, 2.75) is 76.5 Å². The molecule has 1 saturated heterocycles. The number of carbonyl (C=O) groups excluding carboxylic acids is 2. The Hall–Kier alpha value is -2.95. The molecule has 0 aromatic heterocycles. The van der Waals surface area contributed by atoms with Crippen LogP contribution in [0.15, 0.2) is 58.0 Å². The number of piperidine rings is 1. The number of carbonyl (C=O) groups is 2. The molecule has 2 atom stereocenters. The van der Waals surface area contributed by atoms with E-state index in [1.165, 1.54) is 0 Å². The number of hydrazine groups is 1. The van der Waals surface area contributed by atoms with E-state index in [1.54, 1.807) is 12.1 Å². The van der Waals surface area contributed by atoms with Gasteiger partial charge in [-0.25, -0.2) is 10.0 Å². The minimum Gasteiger partial charge on any atom is -0.494 e. The van der Waals surface area contributed by atoms with E-state index >= 15 is 0 Å². The number of amides is 1. The molecule has 1 amide bonds. The van der Waals surface area contributed by atoms with Crippen LogP contribution in [0.1, 0.15) is 76.5 Å². The summed E-state index contributed by atoms with van der Waals surface area (Å²) < 4.78 is 18.6. The van der Waals surface area contributed by atoms with Crippen LogP contribution in [0, 0.1) is 0 Å². The van der Waals surface area contributed by atoms with Gasteiger partial charge in [-0.3, -0.25) is 15.0 Å². The number of aliphatic hydroxyl groups is 1. The van der Waals surface area contributed by atoms with Crippen LogP contribution in [-0.4, -0.2) is 65.3 Å². The van der Waals surface area contributed by atoms with Gasteiger partial charge >= 0.3 is 5.97 Å². The zero-order chi connectivity index (χ0) is 29.5. The Morgan fingerprint density at radius 3 is 2.49 bits per heavy atom. The van der Waals surface area contributed by atoms with Crippen molar-refractivity contribution in [3.05, 3.63) is 64.1 Å². The van der Waals surface area contributed by atoms with E-state index in [0.717, 1.165) is 42.4 Å². The molecule has 1 fully saturated rings. The summed E-state index contributed by atoms with van der Waals surface area (Å²) in [5.41, 5.74) is 2.47. The molecule has 10 heteroatoms. The number of aliphatic imine (C=N–C) groups is 1. The van der Waals surface area contributed by atoms with E-state index in [2.05, 4.69) is 21.4 Å². The number of nitrogens with zero attached hydrogens (tertiary/aromatic N) is 2. The van der Waals surface area contributed by atoms with Gasteiger partial charge in [-0.1, -0.05) is 40.5 Å². The third-order valence-corrected chi connectivity index (χ3v) is 7.69. The highest BCUT2D eigenvalue weighted by molar-refractivity contribution is 9.10. The molecule has 0 saturated carbocycles. The zero-order valence-electron chi connectivity index (χ0n) is 24.0. The molecule has 2 aliphatic heterocycles. The van der Waals surface area contributed by atoms with Crippen molar-refractivity contribution in [2.75, 3.05) is 26.3 Å². The van der Waals surface area contributed by atoms with E-state index in [0.29, 0.717) is 30.2 Å². The van der Waals surface area contributed by atoms with Crippen LogP contribution in [-0.2, 0) is 19.1 Å². The molecule has 0 aliphatic carbocycles. The maximum absolute atomic E-state index is 14.3. The van der Waals surface area contributed by atoms with Gasteiger partial charge in [-0.05, 0) is 70.4 Å². The number of hydrogen-bond donors (Lipinski definition) is 2. The van der Waals surface area contributed by atoms with E-state index in [4.69, 9.17) is 24.3 Å². The van der Waals surface area contributed by atoms with Crippen molar-refractivity contribution in [1.29, 1.82) is 0 Å². The highest BCUT2D eigenvalue weighted by Gasteiger charge is 2.54. The average Bonchev–Trinajstić information content (AvgIpc) is 3.33. The molecule has 2 aromatic rings. The Bertz CT molecular complexity index is 1220. The number of hydrogen-bond acceptors (Lipinski definition) is 8. The van der Waals surface area contributed by atoms with Crippen LogP contribution in [0.5, 0.6) is 5.75 Å². The summed E-state index contributed by atoms with van der Waals surface area (Å²) in [4.78, 5) is 32.1. The molecule has 0 unspecified atom stereocenters. The lowest BCUT2D eigenvalue weighted by Gasteiger charge is -2.35. The fourth-order valence-corrected chi connectivity index (χ4v) is 5.46. The zero-order valence-corrected chi connectivity index (χ0v) is 25.6. The number of ether oxygens (including phenoxy) is 3. The summed E-state index contributed by atoms with van der Waals surface area (Å²) in [6.45, 7) is 7.43. The second-order valence-corrected chi connectivity index (χ2v) is 12.2. The van der Waals surface area contributed by atoms with Crippen molar-refractivity contribution < 1.29 is 28.9 Å². The summed E-state index contributed by atoms with van der Waals surface area (Å²) >= 11 is 3.64. The Morgan fingerprint density at radius 1 is 1.12 bits per heavy atom. The van der Waals surface area contributed by atoms with Crippen molar-refractivity contribution in [1.82, 2.24) is 10.4 Å². The summed E-state index contributed by atoms with van der Waals surface area (Å²) in [6.07, 6.45) is 2.95. The molecule has 2 N–H and O–H groups in total. The van der Waals surface area contributed by atoms with E-state index in [-0.39, 0.29) is 25.4 Å². The predicted octanol–water partition coefficient (Wildman–Crippen LogP) is 5.11. The molecular formula is C31H40BrN3O6. The van der Waals surface area contributed by atoms with Gasteiger partial charge in [-0.2, -0.15) is 0 Å². The van der Waals surface area contributed by atoms with Gasteiger partial charge in [0, 0.05) is 48.1 Å². The smallest absolute Gasteiger partial charge is 0.306 e. The summed E-state index contributed by atoms with van der Waals surface area (Å²) in [5.74, 6) is 0.247. The minimum atomic E-state index is -1.43. The molecule has 0 spiro atoms. The molecule has 222 valence electrons. The number of aliphatic hydroxyl groups excluding tert-OH is 1. The molecule has 2 heterocycles. The molecule has 0 radical (unpaired) electrons.